The number of halogens is 1. The van der Waals surface area contributed by atoms with Gasteiger partial charge >= 0.3 is 5.91 Å². The first kappa shape index (κ1) is 18.4. The van der Waals surface area contributed by atoms with Gasteiger partial charge in [0.15, 0.2) is 0 Å². The second-order valence-electron chi connectivity index (χ2n) is 7.72. The van der Waals surface area contributed by atoms with Gasteiger partial charge in [0.2, 0.25) is 0 Å². The molecule has 1 aliphatic heterocycles. The van der Waals surface area contributed by atoms with E-state index in [9.17, 15) is 9.18 Å². The first-order chi connectivity index (χ1) is 11.1. The predicted octanol–water partition coefficient (Wildman–Crippen LogP) is 3.81. The second-order valence-corrected chi connectivity index (χ2v) is 7.72. The van der Waals surface area contributed by atoms with E-state index in [1.54, 1.807) is 12.1 Å². The highest BCUT2D eigenvalue weighted by Gasteiger charge is 2.33. The van der Waals surface area contributed by atoms with E-state index in [0.29, 0.717) is 13.0 Å². The number of hydrogen-bond donors (Lipinski definition) is 1. The van der Waals surface area contributed by atoms with Crippen LogP contribution in [0.5, 0.6) is 0 Å². The Bertz CT molecular complexity index is 638. The van der Waals surface area contributed by atoms with Crippen LogP contribution in [0.15, 0.2) is 29.3 Å². The highest BCUT2D eigenvalue weighted by Crippen LogP contribution is 2.29. The average Bonchev–Trinajstić information content (AvgIpc) is 2.85. The maximum absolute atomic E-state index is 13.5. The van der Waals surface area contributed by atoms with Crippen LogP contribution >= 0.6 is 0 Å². The number of benzene rings is 1. The van der Waals surface area contributed by atoms with Crippen LogP contribution in [-0.2, 0) is 9.53 Å². The lowest BCUT2D eigenvalue weighted by Gasteiger charge is -2.30. The lowest BCUT2D eigenvalue weighted by molar-refractivity contribution is -0.117. The molecule has 1 aliphatic rings. The minimum atomic E-state index is -0.456. The number of hydrogen-bond acceptors (Lipinski definition) is 3. The van der Waals surface area contributed by atoms with Crippen molar-refractivity contribution < 1.29 is 13.9 Å². The molecule has 0 radical (unpaired) electrons. The number of carbonyl (C=O) groups is 1. The summed E-state index contributed by atoms with van der Waals surface area (Å²) < 4.78 is 18.9. The molecule has 1 aromatic rings. The maximum Gasteiger partial charge on any atom is 0.306 e. The van der Waals surface area contributed by atoms with Crippen LogP contribution in [0.3, 0.4) is 0 Å². The van der Waals surface area contributed by atoms with Crippen molar-refractivity contribution in [2.45, 2.75) is 64.5 Å². The van der Waals surface area contributed by atoms with Crippen molar-refractivity contribution in [1.82, 2.24) is 5.32 Å². The molecule has 0 bridgehead atoms. The molecule has 0 saturated carbocycles. The summed E-state index contributed by atoms with van der Waals surface area (Å²) in [5.74, 6) is -0.214. The van der Waals surface area contributed by atoms with Crippen molar-refractivity contribution in [2.24, 2.45) is 4.99 Å². The van der Waals surface area contributed by atoms with E-state index in [4.69, 9.17) is 4.74 Å². The molecule has 24 heavy (non-hydrogen) atoms. The van der Waals surface area contributed by atoms with Gasteiger partial charge in [-0.3, -0.25) is 4.79 Å². The standard InChI is InChI=1S/C19H27FN2O2/c1-6-13(14-8-7-9-15(20)10-14)11-18(2,3)21-16(23)17-22-19(4,5)12-24-17/h7-10,13H,6,11-12H2,1-5H3,(H,21,23). The van der Waals surface area contributed by atoms with Gasteiger partial charge in [-0.15, -0.1) is 0 Å². The molecule has 0 aromatic heterocycles. The Labute approximate surface area is 143 Å². The van der Waals surface area contributed by atoms with Gasteiger partial charge in [-0.2, -0.15) is 0 Å². The number of nitrogens with one attached hydrogen (secondary N) is 1. The number of nitrogens with zero attached hydrogens (tertiary/aromatic N) is 1. The van der Waals surface area contributed by atoms with Crippen LogP contribution in [0, 0.1) is 5.82 Å². The van der Waals surface area contributed by atoms with Crippen molar-refractivity contribution in [3.05, 3.63) is 35.6 Å². The third kappa shape index (κ3) is 4.79. The summed E-state index contributed by atoms with van der Waals surface area (Å²) in [7, 11) is 0. The van der Waals surface area contributed by atoms with Gasteiger partial charge in [0.05, 0.1) is 5.54 Å². The zero-order valence-corrected chi connectivity index (χ0v) is 15.1. The van der Waals surface area contributed by atoms with Gasteiger partial charge in [0.1, 0.15) is 12.4 Å². The Morgan fingerprint density at radius 1 is 1.46 bits per heavy atom. The van der Waals surface area contributed by atoms with E-state index in [1.807, 2.05) is 33.8 Å². The molecule has 2 rings (SSSR count). The first-order valence-corrected chi connectivity index (χ1v) is 8.42. The number of carbonyl (C=O) groups excluding carboxylic acids is 1. The van der Waals surface area contributed by atoms with E-state index in [2.05, 4.69) is 17.2 Å². The predicted molar refractivity (Wildman–Crippen MR) is 93.7 cm³/mol. The van der Waals surface area contributed by atoms with E-state index in [1.165, 1.54) is 6.07 Å². The van der Waals surface area contributed by atoms with Crippen molar-refractivity contribution >= 4 is 11.8 Å². The highest BCUT2D eigenvalue weighted by atomic mass is 19.1. The first-order valence-electron chi connectivity index (χ1n) is 8.42. The molecule has 0 aliphatic carbocycles. The van der Waals surface area contributed by atoms with E-state index >= 15 is 0 Å². The Morgan fingerprint density at radius 2 is 2.17 bits per heavy atom. The van der Waals surface area contributed by atoms with Gasteiger partial charge in [0.25, 0.3) is 5.90 Å². The molecule has 1 N–H and O–H groups in total. The van der Waals surface area contributed by atoms with Crippen LogP contribution in [0.4, 0.5) is 4.39 Å². The molecule has 132 valence electrons. The number of rotatable bonds is 6. The van der Waals surface area contributed by atoms with Crippen LogP contribution in [0.2, 0.25) is 0 Å². The van der Waals surface area contributed by atoms with Gasteiger partial charge < -0.3 is 10.1 Å². The summed E-state index contributed by atoms with van der Waals surface area (Å²) in [6.45, 7) is 10.3. The number of amides is 1. The van der Waals surface area contributed by atoms with Gasteiger partial charge in [-0.1, -0.05) is 19.1 Å². The van der Waals surface area contributed by atoms with Gasteiger partial charge in [-0.05, 0) is 64.2 Å². The molecule has 1 heterocycles. The summed E-state index contributed by atoms with van der Waals surface area (Å²) >= 11 is 0. The molecule has 0 fully saturated rings. The maximum atomic E-state index is 13.5. The van der Waals surface area contributed by atoms with Crippen LogP contribution in [-0.4, -0.2) is 29.5 Å². The summed E-state index contributed by atoms with van der Waals surface area (Å²) in [5.41, 5.74) is 0.142. The molecule has 0 spiro atoms. The van der Waals surface area contributed by atoms with Crippen molar-refractivity contribution in [1.29, 1.82) is 0 Å². The Balaban J connectivity index is 2.05. The van der Waals surface area contributed by atoms with Gasteiger partial charge in [0, 0.05) is 5.54 Å². The van der Waals surface area contributed by atoms with Crippen molar-refractivity contribution in [3.8, 4) is 0 Å². The van der Waals surface area contributed by atoms with Crippen molar-refractivity contribution in [3.63, 3.8) is 0 Å². The van der Waals surface area contributed by atoms with Crippen LogP contribution in [0.1, 0.15) is 58.9 Å². The van der Waals surface area contributed by atoms with Crippen LogP contribution in [0.25, 0.3) is 0 Å². The Hall–Kier alpha value is -1.91. The molecular formula is C19H27FN2O2. The number of ether oxygens (including phenoxy) is 1. The highest BCUT2D eigenvalue weighted by molar-refractivity contribution is 6.35. The average molecular weight is 334 g/mol. The summed E-state index contributed by atoms with van der Waals surface area (Å²) in [6, 6.07) is 6.67. The summed E-state index contributed by atoms with van der Waals surface area (Å²) in [6.07, 6.45) is 1.57. The third-order valence-electron chi connectivity index (χ3n) is 4.18. The lowest BCUT2D eigenvalue weighted by Crippen LogP contribution is -2.47. The number of aliphatic imine (C=N–C) groups is 1. The monoisotopic (exact) mass is 334 g/mol. The normalized spacial score (nSPS) is 17.8. The molecule has 1 unspecified atom stereocenters. The zero-order chi connectivity index (χ0) is 18.0. The molecular weight excluding hydrogens is 307 g/mol. The minimum Gasteiger partial charge on any atom is -0.471 e. The summed E-state index contributed by atoms with van der Waals surface area (Å²) in [4.78, 5) is 16.7. The second kappa shape index (κ2) is 6.91. The molecule has 4 nitrogen and oxygen atoms in total. The molecule has 1 aromatic carbocycles. The van der Waals surface area contributed by atoms with E-state index in [-0.39, 0.29) is 29.1 Å². The minimum absolute atomic E-state index is 0.145. The van der Waals surface area contributed by atoms with E-state index < -0.39 is 5.54 Å². The fourth-order valence-corrected chi connectivity index (χ4v) is 2.99. The van der Waals surface area contributed by atoms with Gasteiger partial charge in [-0.25, -0.2) is 9.38 Å². The van der Waals surface area contributed by atoms with E-state index in [0.717, 1.165) is 12.0 Å². The third-order valence-corrected chi connectivity index (χ3v) is 4.18. The molecule has 1 atom stereocenters. The largest absolute Gasteiger partial charge is 0.471 e. The molecule has 0 saturated heterocycles. The fourth-order valence-electron chi connectivity index (χ4n) is 2.99. The lowest BCUT2D eigenvalue weighted by atomic mass is 9.84. The molecule has 5 heteroatoms. The van der Waals surface area contributed by atoms with Crippen molar-refractivity contribution in [2.75, 3.05) is 6.61 Å². The quantitative estimate of drug-likeness (QED) is 0.860. The Morgan fingerprint density at radius 3 is 2.71 bits per heavy atom. The molecule has 1 amide bonds. The Kier molecular flexibility index (Phi) is 5.31. The van der Waals surface area contributed by atoms with Crippen LogP contribution < -0.4 is 5.32 Å². The summed E-state index contributed by atoms with van der Waals surface area (Å²) in [5, 5.41) is 3.00. The smallest absolute Gasteiger partial charge is 0.306 e. The zero-order valence-electron chi connectivity index (χ0n) is 15.1. The SMILES string of the molecule is CCC(CC(C)(C)NC(=O)C1=NC(C)(C)CO1)c1cccc(F)c1. The topological polar surface area (TPSA) is 50.7 Å². The fraction of sp³-hybridized carbons (Fsp3) is 0.579.